The van der Waals surface area contributed by atoms with Crippen molar-refractivity contribution in [3.8, 4) is 22.9 Å². The molecule has 266 valence electrons. The van der Waals surface area contributed by atoms with Crippen molar-refractivity contribution in [1.82, 2.24) is 9.88 Å². The summed E-state index contributed by atoms with van der Waals surface area (Å²) in [5, 5.41) is 23.2. The van der Waals surface area contributed by atoms with Crippen molar-refractivity contribution >= 4 is 65.8 Å². The molecule has 9 aromatic carbocycles. The maximum atomic E-state index is 9.73. The number of para-hydroxylation sites is 2. The van der Waals surface area contributed by atoms with Crippen LogP contribution >= 0.6 is 0 Å². The van der Waals surface area contributed by atoms with E-state index in [1.807, 2.05) is 18.2 Å². The Morgan fingerprint density at radius 2 is 1.02 bits per heavy atom. The molecule has 0 spiro atoms. The summed E-state index contributed by atoms with van der Waals surface area (Å²) in [5.41, 5.74) is 9.08. The molecule has 0 aliphatic carbocycles. The number of nitrogens with one attached hydrogen (secondary N) is 1. The van der Waals surface area contributed by atoms with Gasteiger partial charge in [0.2, 0.25) is 0 Å². The molecular formula is C52H33N5. The van der Waals surface area contributed by atoms with Gasteiger partial charge in [-0.05, 0) is 91.5 Å². The lowest BCUT2D eigenvalue weighted by Gasteiger charge is -2.24. The SMILES string of the molecule is N#Cc1cccc(C2=NC(c3ccc4c5ccccc5c5ccccc5c4c3)NC(c3ccc(-c4cccc(-n5c6ccccc6c6ccccc65)c4)cc3)=N2)c1. The third-order valence-electron chi connectivity index (χ3n) is 11.3. The molecule has 11 rings (SSSR count). The number of nitrogens with zero attached hydrogens (tertiary/aromatic N) is 4. The maximum absolute atomic E-state index is 9.73. The second-order valence-electron chi connectivity index (χ2n) is 14.5. The van der Waals surface area contributed by atoms with Crippen LogP contribution in [-0.2, 0) is 0 Å². The van der Waals surface area contributed by atoms with Crippen LogP contribution in [0.15, 0.2) is 198 Å². The van der Waals surface area contributed by atoms with Crippen LogP contribution in [0.1, 0.15) is 28.4 Å². The van der Waals surface area contributed by atoms with Crippen LogP contribution in [0, 0.1) is 11.3 Å². The first-order valence-electron chi connectivity index (χ1n) is 19.2. The highest BCUT2D eigenvalue weighted by atomic mass is 15.2. The van der Waals surface area contributed by atoms with E-state index in [0.29, 0.717) is 11.4 Å². The second-order valence-corrected chi connectivity index (χ2v) is 14.5. The quantitative estimate of drug-likeness (QED) is 0.179. The summed E-state index contributed by atoms with van der Waals surface area (Å²) < 4.78 is 2.35. The normalized spacial score (nSPS) is 14.1. The molecule has 1 aliphatic heterocycles. The summed E-state index contributed by atoms with van der Waals surface area (Å²) in [5.74, 6) is 1.30. The lowest BCUT2D eigenvalue weighted by molar-refractivity contribution is 0.675. The number of hydrogen-bond acceptors (Lipinski definition) is 4. The predicted octanol–water partition coefficient (Wildman–Crippen LogP) is 12.3. The van der Waals surface area contributed by atoms with E-state index in [9.17, 15) is 5.26 Å². The third-order valence-corrected chi connectivity index (χ3v) is 11.3. The number of rotatable bonds is 5. The molecule has 10 aromatic rings. The topological polar surface area (TPSA) is 65.5 Å². The Hall–Kier alpha value is -7.81. The zero-order valence-corrected chi connectivity index (χ0v) is 30.8. The van der Waals surface area contributed by atoms with Crippen molar-refractivity contribution in [3.63, 3.8) is 0 Å². The molecule has 0 bridgehead atoms. The van der Waals surface area contributed by atoms with E-state index in [2.05, 4.69) is 180 Å². The first-order chi connectivity index (χ1) is 28.2. The minimum Gasteiger partial charge on any atom is -0.344 e. The monoisotopic (exact) mass is 727 g/mol. The molecule has 2 heterocycles. The fourth-order valence-electron chi connectivity index (χ4n) is 8.56. The number of amidine groups is 2. The van der Waals surface area contributed by atoms with Gasteiger partial charge in [-0.15, -0.1) is 0 Å². The second kappa shape index (κ2) is 13.2. The minimum atomic E-state index is -0.407. The van der Waals surface area contributed by atoms with Gasteiger partial charge in [-0.3, -0.25) is 0 Å². The molecule has 5 heteroatoms. The summed E-state index contributed by atoms with van der Waals surface area (Å²) >= 11 is 0. The average Bonchev–Trinajstić information content (AvgIpc) is 3.63. The predicted molar refractivity (Wildman–Crippen MR) is 235 cm³/mol. The zero-order chi connectivity index (χ0) is 37.9. The molecule has 1 aliphatic rings. The van der Waals surface area contributed by atoms with Gasteiger partial charge in [0.05, 0.1) is 22.7 Å². The number of aliphatic imine (C=N–C) groups is 2. The fourth-order valence-corrected chi connectivity index (χ4v) is 8.56. The maximum Gasteiger partial charge on any atom is 0.159 e. The zero-order valence-electron chi connectivity index (χ0n) is 30.8. The number of fused-ring (bicyclic) bond motifs is 9. The standard InChI is InChI=1S/C52H33N5/c53-32-33-11-9-13-37(29-33)51-54-50(55-52(56-51)38-27-28-44-42-17-2-1-15-40(42)41-16-3-4-18-43(41)47(44)31-38)35-25-23-34(24-26-35)36-12-10-14-39(30-36)57-48-21-7-5-19-45(48)46-20-6-8-22-49(46)57/h1-31,52H,(H,54,55,56). The van der Waals surface area contributed by atoms with Crippen molar-refractivity contribution in [2.45, 2.75) is 6.17 Å². The van der Waals surface area contributed by atoms with E-state index < -0.39 is 6.17 Å². The molecule has 1 atom stereocenters. The van der Waals surface area contributed by atoms with Crippen LogP contribution in [0.5, 0.6) is 0 Å². The van der Waals surface area contributed by atoms with E-state index >= 15 is 0 Å². The van der Waals surface area contributed by atoms with Crippen molar-refractivity contribution < 1.29 is 0 Å². The van der Waals surface area contributed by atoms with Crippen LogP contribution in [0.4, 0.5) is 0 Å². The van der Waals surface area contributed by atoms with Gasteiger partial charge in [-0.25, -0.2) is 9.98 Å². The Morgan fingerprint density at radius 3 is 1.68 bits per heavy atom. The lowest BCUT2D eigenvalue weighted by Crippen LogP contribution is -2.33. The van der Waals surface area contributed by atoms with Gasteiger partial charge in [-0.2, -0.15) is 5.26 Å². The number of benzene rings is 9. The summed E-state index contributed by atoms with van der Waals surface area (Å²) in [4.78, 5) is 10.2. The summed E-state index contributed by atoms with van der Waals surface area (Å²) in [6.45, 7) is 0. The van der Waals surface area contributed by atoms with E-state index in [1.165, 1.54) is 54.1 Å². The fraction of sp³-hybridized carbons (Fsp3) is 0.0192. The van der Waals surface area contributed by atoms with Gasteiger partial charge in [0, 0.05) is 27.6 Å². The smallest absolute Gasteiger partial charge is 0.159 e. The Balaban J connectivity index is 0.987. The lowest BCUT2D eigenvalue weighted by atomic mass is 9.93. The highest BCUT2D eigenvalue weighted by molar-refractivity contribution is 6.25. The minimum absolute atomic E-state index is 0.407. The Morgan fingerprint density at radius 1 is 0.456 bits per heavy atom. The van der Waals surface area contributed by atoms with E-state index in [4.69, 9.17) is 9.98 Å². The molecule has 0 amide bonds. The van der Waals surface area contributed by atoms with Crippen LogP contribution in [0.2, 0.25) is 0 Å². The first kappa shape index (κ1) is 32.6. The van der Waals surface area contributed by atoms with Gasteiger partial charge < -0.3 is 9.88 Å². The van der Waals surface area contributed by atoms with E-state index in [1.54, 1.807) is 6.07 Å². The Kier molecular flexibility index (Phi) is 7.55. The number of aromatic nitrogens is 1. The highest BCUT2D eigenvalue weighted by Gasteiger charge is 2.23. The van der Waals surface area contributed by atoms with Crippen LogP contribution in [-0.4, -0.2) is 16.2 Å². The number of nitriles is 1. The van der Waals surface area contributed by atoms with Crippen molar-refractivity contribution in [2.75, 3.05) is 0 Å². The Labute approximate surface area is 329 Å². The molecule has 5 nitrogen and oxygen atoms in total. The third kappa shape index (κ3) is 5.46. The molecule has 0 saturated heterocycles. The Bertz CT molecular complexity index is 3260. The van der Waals surface area contributed by atoms with Crippen molar-refractivity contribution in [2.24, 2.45) is 9.98 Å². The average molecular weight is 728 g/mol. The molecule has 0 fully saturated rings. The molecule has 1 unspecified atom stereocenters. The first-order valence-corrected chi connectivity index (χ1v) is 19.2. The van der Waals surface area contributed by atoms with Crippen molar-refractivity contribution in [1.29, 1.82) is 5.26 Å². The van der Waals surface area contributed by atoms with Crippen LogP contribution in [0.25, 0.3) is 70.9 Å². The van der Waals surface area contributed by atoms with Gasteiger partial charge in [0.15, 0.2) is 5.84 Å². The molecule has 1 N–H and O–H groups in total. The van der Waals surface area contributed by atoms with Crippen LogP contribution < -0.4 is 5.32 Å². The highest BCUT2D eigenvalue weighted by Crippen LogP contribution is 2.37. The molecule has 0 saturated carbocycles. The van der Waals surface area contributed by atoms with Gasteiger partial charge in [0.1, 0.15) is 12.0 Å². The van der Waals surface area contributed by atoms with E-state index in [-0.39, 0.29) is 0 Å². The summed E-state index contributed by atoms with van der Waals surface area (Å²) in [7, 11) is 0. The van der Waals surface area contributed by atoms with E-state index in [0.717, 1.165) is 39.3 Å². The van der Waals surface area contributed by atoms with Crippen LogP contribution in [0.3, 0.4) is 0 Å². The summed E-state index contributed by atoms with van der Waals surface area (Å²) in [6, 6.07) is 68.2. The molecule has 1 aromatic heterocycles. The van der Waals surface area contributed by atoms with Crippen molar-refractivity contribution in [3.05, 3.63) is 210 Å². The molecule has 0 radical (unpaired) electrons. The van der Waals surface area contributed by atoms with Gasteiger partial charge in [0.25, 0.3) is 0 Å². The molecular weight excluding hydrogens is 695 g/mol. The number of hydrogen-bond donors (Lipinski definition) is 1. The molecule has 57 heavy (non-hydrogen) atoms. The van der Waals surface area contributed by atoms with Gasteiger partial charge in [-0.1, -0.05) is 146 Å². The van der Waals surface area contributed by atoms with Gasteiger partial charge >= 0.3 is 0 Å². The summed E-state index contributed by atoms with van der Waals surface area (Å²) in [6.07, 6.45) is -0.407. The largest absolute Gasteiger partial charge is 0.344 e.